The van der Waals surface area contributed by atoms with Gasteiger partial charge in [0.15, 0.2) is 5.11 Å². The molecule has 0 fully saturated rings. The van der Waals surface area contributed by atoms with Crippen LogP contribution in [0, 0.1) is 5.41 Å². The number of hydrogen-bond donors (Lipinski definition) is 2. The normalized spacial score (nSPS) is 13.8. The van der Waals surface area contributed by atoms with E-state index in [0.29, 0.717) is 17.0 Å². The summed E-state index contributed by atoms with van der Waals surface area (Å²) in [7, 11) is 1.38. The van der Waals surface area contributed by atoms with Crippen LogP contribution in [0.25, 0.3) is 0 Å². The first-order valence-corrected chi connectivity index (χ1v) is 9.27. The fourth-order valence-electron chi connectivity index (χ4n) is 2.76. The van der Waals surface area contributed by atoms with Crippen molar-refractivity contribution in [1.82, 2.24) is 5.32 Å². The van der Waals surface area contributed by atoms with E-state index in [1.54, 1.807) is 0 Å². The molecule has 0 bridgehead atoms. The largest absolute Gasteiger partial charge is 0.465 e. The van der Waals surface area contributed by atoms with Gasteiger partial charge in [-0.3, -0.25) is 4.79 Å². The third kappa shape index (κ3) is 4.77. The van der Waals surface area contributed by atoms with Gasteiger partial charge in [0.05, 0.1) is 12.7 Å². The fraction of sp³-hybridized carbons (Fsp3) is 0.588. The number of ether oxygens (including phenoxy) is 1. The lowest BCUT2D eigenvalue weighted by Gasteiger charge is -2.17. The number of esters is 1. The van der Waals surface area contributed by atoms with Crippen molar-refractivity contribution in [3.63, 3.8) is 0 Å². The van der Waals surface area contributed by atoms with Crippen molar-refractivity contribution < 1.29 is 14.3 Å². The molecule has 1 amide bonds. The van der Waals surface area contributed by atoms with Gasteiger partial charge in [-0.2, -0.15) is 0 Å². The van der Waals surface area contributed by atoms with Crippen LogP contribution in [0.15, 0.2) is 0 Å². The van der Waals surface area contributed by atoms with E-state index in [1.807, 2.05) is 20.8 Å². The molecule has 0 aliphatic heterocycles. The second-order valence-corrected chi connectivity index (χ2v) is 8.66. The fourth-order valence-corrected chi connectivity index (χ4v) is 4.32. The zero-order chi connectivity index (χ0) is 17.9. The quantitative estimate of drug-likeness (QED) is 0.629. The highest BCUT2D eigenvalue weighted by Crippen LogP contribution is 2.38. The van der Waals surface area contributed by atoms with E-state index in [1.165, 1.54) is 23.3 Å². The van der Waals surface area contributed by atoms with Gasteiger partial charge in [-0.05, 0) is 48.9 Å². The molecular weight excluding hydrogens is 344 g/mol. The summed E-state index contributed by atoms with van der Waals surface area (Å²) in [5.41, 5.74) is 1.51. The maximum absolute atomic E-state index is 12.2. The predicted molar refractivity (Wildman–Crippen MR) is 101 cm³/mol. The number of methoxy groups -OCH3 is 1. The first-order chi connectivity index (χ1) is 11.2. The Hall–Kier alpha value is -1.47. The number of aryl methyl sites for hydroxylation is 1. The molecule has 0 saturated heterocycles. The van der Waals surface area contributed by atoms with Gasteiger partial charge in [-0.25, -0.2) is 4.79 Å². The second kappa shape index (κ2) is 7.61. The molecular formula is C17H24N2O3S2. The SMILES string of the molecule is COC(=O)c1c(NC(=S)NC(=O)CC(C)(C)C)sc2c1CCCC2. The van der Waals surface area contributed by atoms with Crippen molar-refractivity contribution in [2.45, 2.75) is 52.9 Å². The lowest BCUT2D eigenvalue weighted by molar-refractivity contribution is -0.121. The molecule has 0 spiro atoms. The number of thiophene rings is 1. The van der Waals surface area contributed by atoms with Crippen molar-refractivity contribution in [2.24, 2.45) is 5.41 Å². The Morgan fingerprint density at radius 1 is 1.25 bits per heavy atom. The third-order valence-corrected chi connectivity index (χ3v) is 5.14. The van der Waals surface area contributed by atoms with Gasteiger partial charge in [-0.1, -0.05) is 20.8 Å². The molecule has 1 aromatic rings. The van der Waals surface area contributed by atoms with Gasteiger partial charge in [-0.15, -0.1) is 11.3 Å². The van der Waals surface area contributed by atoms with Crippen molar-refractivity contribution in [2.75, 3.05) is 12.4 Å². The molecule has 1 aliphatic carbocycles. The molecule has 5 nitrogen and oxygen atoms in total. The van der Waals surface area contributed by atoms with E-state index in [9.17, 15) is 9.59 Å². The molecule has 7 heteroatoms. The number of rotatable bonds is 3. The Bertz CT molecular complexity index is 660. The summed E-state index contributed by atoms with van der Waals surface area (Å²) in [5.74, 6) is -0.498. The minimum absolute atomic E-state index is 0.112. The number of amides is 1. The van der Waals surface area contributed by atoms with Crippen molar-refractivity contribution in [1.29, 1.82) is 0 Å². The molecule has 24 heavy (non-hydrogen) atoms. The Labute approximate surface area is 152 Å². The summed E-state index contributed by atoms with van der Waals surface area (Å²) in [5, 5.41) is 6.58. The van der Waals surface area contributed by atoms with Crippen LogP contribution in [0.5, 0.6) is 0 Å². The monoisotopic (exact) mass is 368 g/mol. The zero-order valence-electron chi connectivity index (χ0n) is 14.6. The minimum atomic E-state index is -0.360. The number of thiocarbonyl (C=S) groups is 1. The summed E-state index contributed by atoms with van der Waals surface area (Å²) in [6.45, 7) is 5.98. The molecule has 1 heterocycles. The predicted octanol–water partition coefficient (Wildman–Crippen LogP) is 3.66. The van der Waals surface area contributed by atoms with Crippen molar-refractivity contribution >= 4 is 45.5 Å². The topological polar surface area (TPSA) is 67.4 Å². The highest BCUT2D eigenvalue weighted by molar-refractivity contribution is 7.80. The summed E-state index contributed by atoms with van der Waals surface area (Å²) in [6.07, 6.45) is 4.41. The summed E-state index contributed by atoms with van der Waals surface area (Å²) in [6, 6.07) is 0. The molecule has 0 saturated carbocycles. The van der Waals surface area contributed by atoms with Gasteiger partial charge in [0.1, 0.15) is 5.00 Å². The highest BCUT2D eigenvalue weighted by atomic mass is 32.1. The number of nitrogens with one attached hydrogen (secondary N) is 2. The Morgan fingerprint density at radius 3 is 2.54 bits per heavy atom. The lowest BCUT2D eigenvalue weighted by atomic mass is 9.92. The molecule has 1 aromatic heterocycles. The van der Waals surface area contributed by atoms with Crippen LogP contribution in [-0.4, -0.2) is 24.1 Å². The molecule has 2 N–H and O–H groups in total. The van der Waals surface area contributed by atoms with Crippen LogP contribution in [0.1, 0.15) is 60.8 Å². The summed E-state index contributed by atoms with van der Waals surface area (Å²) < 4.78 is 4.93. The van der Waals surface area contributed by atoms with Crippen LogP contribution in [-0.2, 0) is 22.4 Å². The zero-order valence-corrected chi connectivity index (χ0v) is 16.2. The minimum Gasteiger partial charge on any atom is -0.465 e. The molecule has 0 aromatic carbocycles. The highest BCUT2D eigenvalue weighted by Gasteiger charge is 2.26. The first kappa shape index (κ1) is 18.9. The number of carbonyl (C=O) groups is 2. The van der Waals surface area contributed by atoms with Crippen LogP contribution >= 0.6 is 23.6 Å². The summed E-state index contributed by atoms with van der Waals surface area (Å²) >= 11 is 6.76. The molecule has 0 radical (unpaired) electrons. The maximum atomic E-state index is 12.2. The van der Waals surface area contributed by atoms with Gasteiger partial charge < -0.3 is 15.4 Å². The molecule has 0 atom stereocenters. The van der Waals surface area contributed by atoms with Crippen LogP contribution < -0.4 is 10.6 Å². The van der Waals surface area contributed by atoms with Gasteiger partial charge in [0.25, 0.3) is 0 Å². The Morgan fingerprint density at radius 2 is 1.92 bits per heavy atom. The van der Waals surface area contributed by atoms with Crippen molar-refractivity contribution in [3.8, 4) is 0 Å². The van der Waals surface area contributed by atoms with E-state index < -0.39 is 0 Å². The number of anilines is 1. The van der Waals surface area contributed by atoms with Gasteiger partial charge >= 0.3 is 5.97 Å². The second-order valence-electron chi connectivity index (χ2n) is 7.15. The molecule has 0 unspecified atom stereocenters. The standard InChI is InChI=1S/C17H24N2O3S2/c1-17(2,3)9-12(20)18-16(23)19-14-13(15(21)22-4)10-7-5-6-8-11(10)24-14/h5-9H2,1-4H3,(H2,18,19,20,23). The number of fused-ring (bicyclic) bond motifs is 1. The van der Waals surface area contributed by atoms with Crippen LogP contribution in [0.3, 0.4) is 0 Å². The number of hydrogen-bond acceptors (Lipinski definition) is 5. The average molecular weight is 369 g/mol. The van der Waals surface area contributed by atoms with E-state index in [-0.39, 0.29) is 22.4 Å². The molecule has 2 rings (SSSR count). The van der Waals surface area contributed by atoms with E-state index in [0.717, 1.165) is 31.2 Å². The lowest BCUT2D eigenvalue weighted by Crippen LogP contribution is -2.36. The Kier molecular flexibility index (Phi) is 5.98. The van der Waals surface area contributed by atoms with Crippen LogP contribution in [0.2, 0.25) is 0 Å². The third-order valence-electron chi connectivity index (χ3n) is 3.73. The smallest absolute Gasteiger partial charge is 0.341 e. The van der Waals surface area contributed by atoms with Crippen molar-refractivity contribution in [3.05, 3.63) is 16.0 Å². The number of carbonyl (C=O) groups excluding carboxylic acids is 2. The van der Waals surface area contributed by atoms with E-state index in [4.69, 9.17) is 17.0 Å². The molecule has 1 aliphatic rings. The summed E-state index contributed by atoms with van der Waals surface area (Å²) in [4.78, 5) is 25.4. The van der Waals surface area contributed by atoms with E-state index >= 15 is 0 Å². The van der Waals surface area contributed by atoms with E-state index in [2.05, 4.69) is 10.6 Å². The average Bonchev–Trinajstić information content (AvgIpc) is 2.81. The van der Waals surface area contributed by atoms with Gasteiger partial charge in [0, 0.05) is 11.3 Å². The Balaban J connectivity index is 2.14. The van der Waals surface area contributed by atoms with Gasteiger partial charge in [0.2, 0.25) is 5.91 Å². The maximum Gasteiger partial charge on any atom is 0.341 e. The molecule has 132 valence electrons. The van der Waals surface area contributed by atoms with Crippen LogP contribution in [0.4, 0.5) is 5.00 Å². The first-order valence-electron chi connectivity index (χ1n) is 8.05.